The molecule has 2 rings (SSSR count). The van der Waals surface area contributed by atoms with E-state index in [9.17, 15) is 14.0 Å². The summed E-state index contributed by atoms with van der Waals surface area (Å²) in [5.41, 5.74) is 0.346. The number of rotatable bonds is 3. The Labute approximate surface area is 107 Å². The number of carbonyl (C=O) groups excluding carboxylic acids is 2. The number of amidine groups is 1. The van der Waals surface area contributed by atoms with Crippen molar-refractivity contribution in [1.82, 2.24) is 5.32 Å². The van der Waals surface area contributed by atoms with Gasteiger partial charge in [0.15, 0.2) is 5.17 Å². The van der Waals surface area contributed by atoms with Crippen LogP contribution in [-0.2, 0) is 9.59 Å². The van der Waals surface area contributed by atoms with Crippen molar-refractivity contribution in [3.8, 4) is 0 Å². The maximum absolute atomic E-state index is 12.9. The summed E-state index contributed by atoms with van der Waals surface area (Å²) in [5, 5.41) is 11.5. The van der Waals surface area contributed by atoms with E-state index >= 15 is 0 Å². The van der Waals surface area contributed by atoms with Gasteiger partial charge in [-0.2, -0.15) is 0 Å². The van der Waals surface area contributed by atoms with Gasteiger partial charge < -0.3 is 10.6 Å². The minimum atomic E-state index is -0.592. The smallest absolute Gasteiger partial charge is 0.240 e. The predicted molar refractivity (Wildman–Crippen MR) is 66.9 cm³/mol. The SMILES string of the molecule is N=C1NC(=O)C(CC(=O)Nc2cccc(F)c2)S1. The molecule has 1 saturated heterocycles. The molecule has 0 aromatic heterocycles. The predicted octanol–water partition coefficient (Wildman–Crippen LogP) is 1.32. The number of thioether (sulfide) groups is 1. The van der Waals surface area contributed by atoms with E-state index in [2.05, 4.69) is 10.6 Å². The summed E-state index contributed by atoms with van der Waals surface area (Å²) in [5.74, 6) is -1.18. The zero-order valence-electron chi connectivity index (χ0n) is 9.20. The molecule has 0 aliphatic carbocycles. The van der Waals surface area contributed by atoms with E-state index < -0.39 is 11.1 Å². The molecule has 1 aromatic rings. The molecule has 3 N–H and O–H groups in total. The number of amides is 2. The third-order valence-corrected chi connectivity index (χ3v) is 3.27. The summed E-state index contributed by atoms with van der Waals surface area (Å²) in [6.07, 6.45) is -0.0462. The molecule has 94 valence electrons. The van der Waals surface area contributed by atoms with Crippen molar-refractivity contribution >= 4 is 34.4 Å². The van der Waals surface area contributed by atoms with Crippen LogP contribution in [0.4, 0.5) is 10.1 Å². The third kappa shape index (κ3) is 3.07. The van der Waals surface area contributed by atoms with E-state index in [1.54, 1.807) is 6.07 Å². The molecule has 0 radical (unpaired) electrons. The van der Waals surface area contributed by atoms with Crippen LogP contribution in [0, 0.1) is 11.2 Å². The average Bonchev–Trinajstić information content (AvgIpc) is 2.57. The van der Waals surface area contributed by atoms with Crippen LogP contribution in [0.2, 0.25) is 0 Å². The van der Waals surface area contributed by atoms with Gasteiger partial charge >= 0.3 is 0 Å². The Morgan fingerprint density at radius 3 is 2.94 bits per heavy atom. The fourth-order valence-electron chi connectivity index (χ4n) is 1.50. The first-order valence-electron chi connectivity index (χ1n) is 5.16. The van der Waals surface area contributed by atoms with Crippen LogP contribution in [0.1, 0.15) is 6.42 Å². The second-order valence-corrected chi connectivity index (χ2v) is 4.90. The number of benzene rings is 1. The van der Waals surface area contributed by atoms with Crippen LogP contribution in [0.5, 0.6) is 0 Å². The standard InChI is InChI=1S/C11H10FN3O2S/c12-6-2-1-3-7(4-6)14-9(16)5-8-10(17)15-11(13)18-8/h1-4,8H,5H2,(H,14,16)(H2,13,15,17). The molecule has 1 aromatic carbocycles. The minimum Gasteiger partial charge on any atom is -0.326 e. The highest BCUT2D eigenvalue weighted by Crippen LogP contribution is 2.21. The van der Waals surface area contributed by atoms with Gasteiger partial charge in [-0.1, -0.05) is 17.8 Å². The molecule has 5 nitrogen and oxygen atoms in total. The van der Waals surface area contributed by atoms with E-state index in [1.165, 1.54) is 18.2 Å². The van der Waals surface area contributed by atoms with Crippen molar-refractivity contribution < 1.29 is 14.0 Å². The summed E-state index contributed by atoms with van der Waals surface area (Å²) >= 11 is 1.00. The van der Waals surface area contributed by atoms with Crippen molar-refractivity contribution in [2.45, 2.75) is 11.7 Å². The summed E-state index contributed by atoms with van der Waals surface area (Å²) in [7, 11) is 0. The van der Waals surface area contributed by atoms with Crippen LogP contribution < -0.4 is 10.6 Å². The fraction of sp³-hybridized carbons (Fsp3) is 0.182. The molecule has 1 aliphatic heterocycles. The Hall–Kier alpha value is -1.89. The molecule has 2 amide bonds. The zero-order valence-corrected chi connectivity index (χ0v) is 10.0. The van der Waals surface area contributed by atoms with Gasteiger partial charge in [0.05, 0.1) is 0 Å². The molecule has 7 heteroatoms. The van der Waals surface area contributed by atoms with Crippen molar-refractivity contribution in [2.75, 3.05) is 5.32 Å². The Kier molecular flexibility index (Phi) is 3.61. The first kappa shape index (κ1) is 12.6. The second-order valence-electron chi connectivity index (χ2n) is 3.69. The lowest BCUT2D eigenvalue weighted by atomic mass is 10.2. The highest BCUT2D eigenvalue weighted by Gasteiger charge is 2.31. The van der Waals surface area contributed by atoms with Crippen LogP contribution in [-0.4, -0.2) is 22.2 Å². The Balaban J connectivity index is 1.93. The van der Waals surface area contributed by atoms with E-state index in [0.29, 0.717) is 5.69 Å². The first-order valence-corrected chi connectivity index (χ1v) is 6.04. The summed E-state index contributed by atoms with van der Waals surface area (Å²) < 4.78 is 12.9. The Bertz CT molecular complexity index is 521. The van der Waals surface area contributed by atoms with E-state index in [4.69, 9.17) is 5.41 Å². The van der Waals surface area contributed by atoms with Gasteiger partial charge in [0, 0.05) is 12.1 Å². The maximum Gasteiger partial charge on any atom is 0.240 e. The van der Waals surface area contributed by atoms with Gasteiger partial charge in [-0.3, -0.25) is 15.0 Å². The molecule has 1 aliphatic rings. The monoisotopic (exact) mass is 267 g/mol. The van der Waals surface area contributed by atoms with E-state index in [1.807, 2.05) is 0 Å². The summed E-state index contributed by atoms with van der Waals surface area (Å²) in [6.45, 7) is 0. The number of nitrogens with one attached hydrogen (secondary N) is 3. The van der Waals surface area contributed by atoms with Gasteiger partial charge in [-0.25, -0.2) is 4.39 Å². The molecule has 0 spiro atoms. The lowest BCUT2D eigenvalue weighted by Crippen LogP contribution is -2.27. The number of carbonyl (C=O) groups is 2. The normalized spacial score (nSPS) is 18.6. The molecule has 1 atom stereocenters. The van der Waals surface area contributed by atoms with Crippen molar-refractivity contribution in [3.05, 3.63) is 30.1 Å². The lowest BCUT2D eigenvalue weighted by molar-refractivity contribution is -0.122. The number of anilines is 1. The first-order chi connectivity index (χ1) is 8.54. The summed E-state index contributed by atoms with van der Waals surface area (Å²) in [4.78, 5) is 22.9. The van der Waals surface area contributed by atoms with Gasteiger partial charge in [0.25, 0.3) is 0 Å². The molecule has 1 fully saturated rings. The van der Waals surface area contributed by atoms with Gasteiger partial charge in [0.1, 0.15) is 11.1 Å². The number of hydrogen-bond donors (Lipinski definition) is 3. The van der Waals surface area contributed by atoms with Crippen LogP contribution in [0.3, 0.4) is 0 Å². The van der Waals surface area contributed by atoms with Crippen molar-refractivity contribution in [1.29, 1.82) is 5.41 Å². The van der Waals surface area contributed by atoms with E-state index in [0.717, 1.165) is 11.8 Å². The minimum absolute atomic E-state index is 0.0450. The third-order valence-electron chi connectivity index (χ3n) is 2.27. The molecule has 1 unspecified atom stereocenters. The topological polar surface area (TPSA) is 82.1 Å². The highest BCUT2D eigenvalue weighted by molar-refractivity contribution is 8.15. The second kappa shape index (κ2) is 5.18. The van der Waals surface area contributed by atoms with Crippen LogP contribution in [0.25, 0.3) is 0 Å². The van der Waals surface area contributed by atoms with Crippen LogP contribution >= 0.6 is 11.8 Å². The Morgan fingerprint density at radius 1 is 1.56 bits per heavy atom. The molecule has 1 heterocycles. The average molecular weight is 267 g/mol. The molecule has 0 bridgehead atoms. The molecule has 0 saturated carbocycles. The van der Waals surface area contributed by atoms with Gasteiger partial charge in [-0.05, 0) is 18.2 Å². The fourth-order valence-corrected chi connectivity index (χ4v) is 2.34. The number of hydrogen-bond acceptors (Lipinski definition) is 4. The van der Waals surface area contributed by atoms with E-state index in [-0.39, 0.29) is 23.4 Å². The van der Waals surface area contributed by atoms with Crippen LogP contribution in [0.15, 0.2) is 24.3 Å². The highest BCUT2D eigenvalue weighted by atomic mass is 32.2. The van der Waals surface area contributed by atoms with Crippen molar-refractivity contribution in [3.63, 3.8) is 0 Å². The molecular formula is C11H10FN3O2S. The van der Waals surface area contributed by atoms with Gasteiger partial charge in [-0.15, -0.1) is 0 Å². The molecular weight excluding hydrogens is 257 g/mol. The number of halogens is 1. The molecule has 18 heavy (non-hydrogen) atoms. The van der Waals surface area contributed by atoms with Gasteiger partial charge in [0.2, 0.25) is 11.8 Å². The van der Waals surface area contributed by atoms with Crippen molar-refractivity contribution in [2.24, 2.45) is 0 Å². The largest absolute Gasteiger partial charge is 0.326 e. The maximum atomic E-state index is 12.9. The summed E-state index contributed by atoms with van der Waals surface area (Å²) in [6, 6.07) is 5.52. The Morgan fingerprint density at radius 2 is 2.33 bits per heavy atom. The lowest BCUT2D eigenvalue weighted by Gasteiger charge is -2.07. The quantitative estimate of drug-likeness (QED) is 0.772. The zero-order chi connectivity index (χ0) is 13.1.